The molecular formula is C20H21ClN4OS. The van der Waals surface area contributed by atoms with E-state index in [9.17, 15) is 0 Å². The Labute approximate surface area is 167 Å². The van der Waals surface area contributed by atoms with Gasteiger partial charge in [-0.3, -0.25) is 0 Å². The lowest BCUT2D eigenvalue weighted by molar-refractivity contribution is 0.317. The minimum absolute atomic E-state index is 0.196. The number of amidine groups is 1. The highest BCUT2D eigenvalue weighted by atomic mass is 35.5. The summed E-state index contributed by atoms with van der Waals surface area (Å²) in [6.45, 7) is 4.15. The standard InChI is InChI=1S/C20H21ClN4OS/c1-3-15-12(2)23-20(17-8-9-18(21)27-17)24-16(15)10-13-4-6-14(7-5-13)11-19(22)25-26/h4-9,26H,3,10-11H2,1-2H3,(H2,22,25). The van der Waals surface area contributed by atoms with Crippen LogP contribution >= 0.6 is 22.9 Å². The number of aromatic nitrogens is 2. The maximum absolute atomic E-state index is 8.69. The van der Waals surface area contributed by atoms with E-state index in [1.807, 2.05) is 31.2 Å². The van der Waals surface area contributed by atoms with Crippen molar-refractivity contribution in [3.63, 3.8) is 0 Å². The van der Waals surface area contributed by atoms with E-state index in [1.54, 1.807) is 0 Å². The fraction of sp³-hybridized carbons (Fsp3) is 0.250. The number of benzene rings is 1. The Morgan fingerprint density at radius 1 is 1.15 bits per heavy atom. The van der Waals surface area contributed by atoms with Crippen LogP contribution < -0.4 is 5.73 Å². The largest absolute Gasteiger partial charge is 0.409 e. The van der Waals surface area contributed by atoms with Crippen molar-refractivity contribution in [3.8, 4) is 10.7 Å². The first-order chi connectivity index (χ1) is 13.0. The highest BCUT2D eigenvalue weighted by molar-refractivity contribution is 7.19. The minimum atomic E-state index is 0.196. The van der Waals surface area contributed by atoms with Gasteiger partial charge in [0.2, 0.25) is 0 Å². The number of aryl methyl sites for hydroxylation is 1. The lowest BCUT2D eigenvalue weighted by atomic mass is 10.0. The summed E-state index contributed by atoms with van der Waals surface area (Å²) in [6, 6.07) is 11.9. The molecule has 0 unspecified atom stereocenters. The Morgan fingerprint density at radius 3 is 2.44 bits per heavy atom. The van der Waals surface area contributed by atoms with E-state index in [1.165, 1.54) is 16.9 Å². The zero-order chi connectivity index (χ0) is 19.4. The van der Waals surface area contributed by atoms with Crippen molar-refractivity contribution >= 4 is 28.8 Å². The summed E-state index contributed by atoms with van der Waals surface area (Å²) in [5, 5.41) is 11.7. The van der Waals surface area contributed by atoms with Gasteiger partial charge in [0.15, 0.2) is 5.82 Å². The molecule has 0 radical (unpaired) electrons. The van der Waals surface area contributed by atoms with Crippen LogP contribution in [0.25, 0.3) is 10.7 Å². The molecule has 140 valence electrons. The van der Waals surface area contributed by atoms with Gasteiger partial charge in [0.25, 0.3) is 0 Å². The SMILES string of the molecule is CCc1c(C)nc(-c2ccc(Cl)s2)nc1Cc1ccc(CC(N)=NO)cc1. The summed E-state index contributed by atoms with van der Waals surface area (Å²) in [6.07, 6.45) is 2.03. The number of nitrogens with zero attached hydrogens (tertiary/aromatic N) is 3. The van der Waals surface area contributed by atoms with Crippen molar-refractivity contribution in [2.45, 2.75) is 33.1 Å². The lowest BCUT2D eigenvalue weighted by Crippen LogP contribution is -2.14. The molecular weight excluding hydrogens is 380 g/mol. The van der Waals surface area contributed by atoms with Crippen LogP contribution in [0.15, 0.2) is 41.6 Å². The van der Waals surface area contributed by atoms with E-state index in [2.05, 4.69) is 29.2 Å². The first-order valence-corrected chi connectivity index (χ1v) is 9.86. The summed E-state index contributed by atoms with van der Waals surface area (Å²) in [5.41, 5.74) is 10.9. The molecule has 1 aromatic carbocycles. The highest BCUT2D eigenvalue weighted by Crippen LogP contribution is 2.30. The second-order valence-corrected chi connectivity index (χ2v) is 7.99. The fourth-order valence-corrected chi connectivity index (χ4v) is 4.00. The van der Waals surface area contributed by atoms with Crippen LogP contribution in [0.4, 0.5) is 0 Å². The van der Waals surface area contributed by atoms with Crippen molar-refractivity contribution in [2.75, 3.05) is 0 Å². The molecule has 0 atom stereocenters. The van der Waals surface area contributed by atoms with E-state index in [0.717, 1.165) is 50.4 Å². The second-order valence-electron chi connectivity index (χ2n) is 6.28. The Balaban J connectivity index is 1.90. The summed E-state index contributed by atoms with van der Waals surface area (Å²) >= 11 is 7.55. The number of nitrogens with two attached hydrogens (primary N) is 1. The molecule has 0 saturated heterocycles. The van der Waals surface area contributed by atoms with E-state index >= 15 is 0 Å². The van der Waals surface area contributed by atoms with Gasteiger partial charge in [-0.25, -0.2) is 9.97 Å². The van der Waals surface area contributed by atoms with Crippen molar-refractivity contribution in [1.29, 1.82) is 0 Å². The van der Waals surface area contributed by atoms with Gasteiger partial charge < -0.3 is 10.9 Å². The number of hydrogen-bond acceptors (Lipinski definition) is 5. The molecule has 0 spiro atoms. The third-order valence-electron chi connectivity index (χ3n) is 4.35. The van der Waals surface area contributed by atoms with Crippen LogP contribution in [0.5, 0.6) is 0 Å². The average Bonchev–Trinajstić information content (AvgIpc) is 3.09. The van der Waals surface area contributed by atoms with Crippen molar-refractivity contribution in [2.24, 2.45) is 10.9 Å². The third-order valence-corrected chi connectivity index (χ3v) is 5.58. The van der Waals surface area contributed by atoms with Crippen LogP contribution in [0, 0.1) is 6.92 Å². The molecule has 3 rings (SSSR count). The first kappa shape index (κ1) is 19.3. The van der Waals surface area contributed by atoms with E-state index in [0.29, 0.717) is 6.42 Å². The van der Waals surface area contributed by atoms with Gasteiger partial charge in [-0.2, -0.15) is 0 Å². The maximum atomic E-state index is 8.69. The molecule has 0 aliphatic carbocycles. The lowest BCUT2D eigenvalue weighted by Gasteiger charge is -2.12. The number of hydrogen-bond donors (Lipinski definition) is 2. The minimum Gasteiger partial charge on any atom is -0.409 e. The van der Waals surface area contributed by atoms with Gasteiger partial charge in [-0.15, -0.1) is 11.3 Å². The number of oxime groups is 1. The Hall–Kier alpha value is -2.44. The number of halogens is 1. The van der Waals surface area contributed by atoms with Crippen LogP contribution in [0.1, 0.15) is 35.0 Å². The fourth-order valence-electron chi connectivity index (χ4n) is 3.02. The summed E-state index contributed by atoms with van der Waals surface area (Å²) in [7, 11) is 0. The van der Waals surface area contributed by atoms with Gasteiger partial charge in [0.05, 0.1) is 14.9 Å². The highest BCUT2D eigenvalue weighted by Gasteiger charge is 2.13. The summed E-state index contributed by atoms with van der Waals surface area (Å²) < 4.78 is 0.730. The molecule has 0 fully saturated rings. The molecule has 0 saturated carbocycles. The maximum Gasteiger partial charge on any atom is 0.169 e. The smallest absolute Gasteiger partial charge is 0.169 e. The van der Waals surface area contributed by atoms with Crippen molar-refractivity contribution in [1.82, 2.24) is 9.97 Å². The molecule has 7 heteroatoms. The number of rotatable bonds is 6. The molecule has 5 nitrogen and oxygen atoms in total. The second kappa shape index (κ2) is 8.50. The van der Waals surface area contributed by atoms with Gasteiger partial charge >= 0.3 is 0 Å². The van der Waals surface area contributed by atoms with Crippen LogP contribution in [0.3, 0.4) is 0 Å². The first-order valence-electron chi connectivity index (χ1n) is 8.66. The molecule has 0 bridgehead atoms. The average molecular weight is 401 g/mol. The normalized spacial score (nSPS) is 11.7. The Kier molecular flexibility index (Phi) is 6.08. The summed E-state index contributed by atoms with van der Waals surface area (Å²) in [4.78, 5) is 10.5. The van der Waals surface area contributed by atoms with E-state index in [-0.39, 0.29) is 5.84 Å². The quantitative estimate of drug-likeness (QED) is 0.274. The van der Waals surface area contributed by atoms with Crippen LogP contribution in [-0.4, -0.2) is 21.0 Å². The van der Waals surface area contributed by atoms with Gasteiger partial charge in [-0.1, -0.05) is 47.9 Å². The Morgan fingerprint density at radius 2 is 1.85 bits per heavy atom. The topological polar surface area (TPSA) is 84.4 Å². The van der Waals surface area contributed by atoms with Gasteiger partial charge in [0.1, 0.15) is 5.84 Å². The zero-order valence-electron chi connectivity index (χ0n) is 15.2. The third kappa shape index (κ3) is 4.64. The van der Waals surface area contributed by atoms with Crippen LogP contribution in [-0.2, 0) is 19.3 Å². The molecule has 0 amide bonds. The predicted octanol–water partition coefficient (Wildman–Crippen LogP) is 4.61. The molecule has 3 aromatic rings. The Bertz CT molecular complexity index is 967. The zero-order valence-corrected chi connectivity index (χ0v) is 16.8. The molecule has 2 heterocycles. The van der Waals surface area contributed by atoms with Crippen molar-refractivity contribution < 1.29 is 5.21 Å². The van der Waals surface area contributed by atoms with Gasteiger partial charge in [0, 0.05) is 18.5 Å². The predicted molar refractivity (Wildman–Crippen MR) is 111 cm³/mol. The number of thiophene rings is 1. The van der Waals surface area contributed by atoms with E-state index in [4.69, 9.17) is 27.5 Å². The molecule has 2 aromatic heterocycles. The molecule has 3 N–H and O–H groups in total. The van der Waals surface area contributed by atoms with E-state index < -0.39 is 0 Å². The van der Waals surface area contributed by atoms with Crippen LogP contribution in [0.2, 0.25) is 4.34 Å². The molecule has 0 aliphatic heterocycles. The summed E-state index contributed by atoms with van der Waals surface area (Å²) in [5.74, 6) is 0.918. The monoisotopic (exact) mass is 400 g/mol. The van der Waals surface area contributed by atoms with Crippen molar-refractivity contribution in [3.05, 3.63) is 68.8 Å². The van der Waals surface area contributed by atoms with Gasteiger partial charge in [-0.05, 0) is 42.2 Å². The molecule has 0 aliphatic rings. The molecule has 27 heavy (non-hydrogen) atoms.